The molecule has 1 aromatic rings. The minimum atomic E-state index is -0.482. The van der Waals surface area contributed by atoms with E-state index in [1.165, 1.54) is 17.5 Å². The molecule has 1 aliphatic carbocycles. The molecule has 0 spiro atoms. The van der Waals surface area contributed by atoms with Crippen LogP contribution in [0, 0.1) is 0 Å². The number of hydrogen-bond donors (Lipinski definition) is 0. The monoisotopic (exact) mass is 262 g/mol. The first-order valence-corrected chi connectivity index (χ1v) is 7.19. The highest BCUT2D eigenvalue weighted by Crippen LogP contribution is 2.27. The first-order valence-electron chi connectivity index (χ1n) is 7.19. The lowest BCUT2D eigenvalue weighted by atomic mass is 10.1. The SMILES string of the molecule is CCCC(Oc1ccc2c(c1)CCC2)C(=O)OCC. The summed E-state index contributed by atoms with van der Waals surface area (Å²) < 4.78 is 10.9. The number of esters is 1. The molecule has 0 aromatic heterocycles. The van der Waals surface area contributed by atoms with Gasteiger partial charge in [-0.1, -0.05) is 19.4 Å². The van der Waals surface area contributed by atoms with Gasteiger partial charge < -0.3 is 9.47 Å². The number of carbonyl (C=O) groups excluding carboxylic acids is 1. The number of benzene rings is 1. The summed E-state index contributed by atoms with van der Waals surface area (Å²) in [6.45, 7) is 4.25. The van der Waals surface area contributed by atoms with Gasteiger partial charge in [0, 0.05) is 0 Å². The summed E-state index contributed by atoms with van der Waals surface area (Å²) in [6.07, 6.45) is 4.60. The van der Waals surface area contributed by atoms with E-state index in [0.29, 0.717) is 13.0 Å². The molecule has 0 bridgehead atoms. The van der Waals surface area contributed by atoms with E-state index in [1.54, 1.807) is 0 Å². The molecule has 0 radical (unpaired) electrons. The average molecular weight is 262 g/mol. The zero-order chi connectivity index (χ0) is 13.7. The molecule has 0 saturated carbocycles. The van der Waals surface area contributed by atoms with Crippen LogP contribution in [-0.4, -0.2) is 18.7 Å². The lowest BCUT2D eigenvalue weighted by Crippen LogP contribution is -2.29. The van der Waals surface area contributed by atoms with Crippen LogP contribution in [0.4, 0.5) is 0 Å². The van der Waals surface area contributed by atoms with Crippen molar-refractivity contribution in [3.8, 4) is 5.75 Å². The fourth-order valence-electron chi connectivity index (χ4n) is 2.51. The van der Waals surface area contributed by atoms with Crippen LogP contribution in [-0.2, 0) is 22.4 Å². The van der Waals surface area contributed by atoms with Gasteiger partial charge in [0.15, 0.2) is 6.10 Å². The summed E-state index contributed by atoms with van der Waals surface area (Å²) in [4.78, 5) is 11.8. The van der Waals surface area contributed by atoms with E-state index in [4.69, 9.17) is 9.47 Å². The molecule has 19 heavy (non-hydrogen) atoms. The molecule has 1 unspecified atom stereocenters. The molecular weight excluding hydrogens is 240 g/mol. The summed E-state index contributed by atoms with van der Waals surface area (Å²) >= 11 is 0. The molecule has 104 valence electrons. The fraction of sp³-hybridized carbons (Fsp3) is 0.562. The van der Waals surface area contributed by atoms with Crippen molar-refractivity contribution in [1.82, 2.24) is 0 Å². The van der Waals surface area contributed by atoms with Crippen molar-refractivity contribution in [2.24, 2.45) is 0 Å². The second-order valence-electron chi connectivity index (χ2n) is 4.93. The Hall–Kier alpha value is -1.51. The largest absolute Gasteiger partial charge is 0.479 e. The van der Waals surface area contributed by atoms with Gasteiger partial charge in [0.1, 0.15) is 5.75 Å². The summed E-state index contributed by atoms with van der Waals surface area (Å²) in [6, 6.07) is 6.15. The van der Waals surface area contributed by atoms with Crippen LogP contribution in [0.5, 0.6) is 5.75 Å². The molecule has 3 nitrogen and oxygen atoms in total. The van der Waals surface area contributed by atoms with Crippen molar-refractivity contribution in [2.45, 2.75) is 52.1 Å². The Morgan fingerprint density at radius 3 is 2.79 bits per heavy atom. The zero-order valence-corrected chi connectivity index (χ0v) is 11.8. The van der Waals surface area contributed by atoms with Gasteiger partial charge in [0.25, 0.3) is 0 Å². The molecule has 0 amide bonds. The Kier molecular flexibility index (Phi) is 4.83. The molecule has 2 rings (SSSR count). The van der Waals surface area contributed by atoms with Gasteiger partial charge in [-0.3, -0.25) is 0 Å². The smallest absolute Gasteiger partial charge is 0.347 e. The number of aryl methyl sites for hydroxylation is 2. The topological polar surface area (TPSA) is 35.5 Å². The van der Waals surface area contributed by atoms with Crippen molar-refractivity contribution in [3.63, 3.8) is 0 Å². The average Bonchev–Trinajstić information content (AvgIpc) is 2.86. The first kappa shape index (κ1) is 13.9. The number of ether oxygens (including phenoxy) is 2. The van der Waals surface area contributed by atoms with E-state index < -0.39 is 6.10 Å². The second kappa shape index (κ2) is 6.60. The van der Waals surface area contributed by atoms with Crippen molar-refractivity contribution in [3.05, 3.63) is 29.3 Å². The number of carbonyl (C=O) groups is 1. The minimum Gasteiger partial charge on any atom is -0.479 e. The molecule has 0 N–H and O–H groups in total. The van der Waals surface area contributed by atoms with Crippen molar-refractivity contribution < 1.29 is 14.3 Å². The summed E-state index contributed by atoms with van der Waals surface area (Å²) in [5, 5.41) is 0. The summed E-state index contributed by atoms with van der Waals surface area (Å²) in [7, 11) is 0. The Balaban J connectivity index is 2.06. The first-order chi connectivity index (χ1) is 9.24. The van der Waals surface area contributed by atoms with E-state index in [9.17, 15) is 4.79 Å². The Bertz CT molecular complexity index is 440. The molecule has 1 atom stereocenters. The molecule has 0 saturated heterocycles. The van der Waals surface area contributed by atoms with Gasteiger partial charge in [-0.15, -0.1) is 0 Å². The Labute approximate surface area is 114 Å². The lowest BCUT2D eigenvalue weighted by Gasteiger charge is -2.17. The van der Waals surface area contributed by atoms with Crippen molar-refractivity contribution >= 4 is 5.97 Å². The molecule has 1 aromatic carbocycles. The predicted octanol–water partition coefficient (Wildman–Crippen LogP) is 3.29. The van der Waals surface area contributed by atoms with Crippen LogP contribution in [0.1, 0.15) is 44.2 Å². The standard InChI is InChI=1S/C16H22O3/c1-3-6-15(16(17)18-4-2)19-14-10-9-12-7-5-8-13(12)11-14/h9-11,15H,3-8H2,1-2H3. The molecule has 3 heteroatoms. The van der Waals surface area contributed by atoms with Gasteiger partial charge >= 0.3 is 5.97 Å². The van der Waals surface area contributed by atoms with Gasteiger partial charge in [-0.25, -0.2) is 4.79 Å². The molecule has 0 fully saturated rings. The number of rotatable bonds is 6. The summed E-state index contributed by atoms with van der Waals surface area (Å²) in [5.74, 6) is 0.525. The van der Waals surface area contributed by atoms with Crippen LogP contribution in [0.3, 0.4) is 0 Å². The molecule has 0 heterocycles. The maximum absolute atomic E-state index is 11.8. The van der Waals surface area contributed by atoms with Crippen LogP contribution in [0.25, 0.3) is 0 Å². The number of fused-ring (bicyclic) bond motifs is 1. The molecular formula is C16H22O3. The van der Waals surface area contributed by atoms with Crippen LogP contribution in [0.2, 0.25) is 0 Å². The van der Waals surface area contributed by atoms with Crippen molar-refractivity contribution in [2.75, 3.05) is 6.61 Å². The van der Waals surface area contributed by atoms with Gasteiger partial charge in [-0.05, 0) is 55.9 Å². The highest BCUT2D eigenvalue weighted by atomic mass is 16.6. The maximum Gasteiger partial charge on any atom is 0.347 e. The summed E-state index contributed by atoms with van der Waals surface area (Å²) in [5.41, 5.74) is 2.77. The normalized spacial score (nSPS) is 14.8. The number of hydrogen-bond acceptors (Lipinski definition) is 3. The molecule has 0 aliphatic heterocycles. The van der Waals surface area contributed by atoms with E-state index >= 15 is 0 Å². The van der Waals surface area contributed by atoms with E-state index in [-0.39, 0.29) is 5.97 Å². The zero-order valence-electron chi connectivity index (χ0n) is 11.8. The van der Waals surface area contributed by atoms with Gasteiger partial charge in [0.05, 0.1) is 6.61 Å². The van der Waals surface area contributed by atoms with E-state index in [0.717, 1.165) is 25.0 Å². The predicted molar refractivity (Wildman–Crippen MR) is 74.4 cm³/mol. The van der Waals surface area contributed by atoms with Crippen molar-refractivity contribution in [1.29, 1.82) is 0 Å². The minimum absolute atomic E-state index is 0.259. The van der Waals surface area contributed by atoms with E-state index in [2.05, 4.69) is 12.1 Å². The second-order valence-corrected chi connectivity index (χ2v) is 4.93. The van der Waals surface area contributed by atoms with E-state index in [1.807, 2.05) is 19.9 Å². The maximum atomic E-state index is 11.8. The molecule has 1 aliphatic rings. The third kappa shape index (κ3) is 3.49. The quantitative estimate of drug-likeness (QED) is 0.738. The van der Waals surface area contributed by atoms with Crippen LogP contribution < -0.4 is 4.74 Å². The van der Waals surface area contributed by atoms with Gasteiger partial charge in [0.2, 0.25) is 0 Å². The lowest BCUT2D eigenvalue weighted by molar-refractivity contribution is -0.151. The van der Waals surface area contributed by atoms with Gasteiger partial charge in [-0.2, -0.15) is 0 Å². The third-order valence-electron chi connectivity index (χ3n) is 3.45. The Morgan fingerprint density at radius 2 is 2.05 bits per heavy atom. The Morgan fingerprint density at radius 1 is 1.26 bits per heavy atom. The third-order valence-corrected chi connectivity index (χ3v) is 3.45. The highest BCUT2D eigenvalue weighted by molar-refractivity contribution is 5.75. The van der Waals surface area contributed by atoms with Crippen LogP contribution >= 0.6 is 0 Å². The van der Waals surface area contributed by atoms with Crippen LogP contribution in [0.15, 0.2) is 18.2 Å². The highest BCUT2D eigenvalue weighted by Gasteiger charge is 2.21. The fourth-order valence-corrected chi connectivity index (χ4v) is 2.51.